The van der Waals surface area contributed by atoms with Crippen LogP contribution in [-0.2, 0) is 19.1 Å². The van der Waals surface area contributed by atoms with Crippen LogP contribution in [-0.4, -0.2) is 36.5 Å². The van der Waals surface area contributed by atoms with Crippen molar-refractivity contribution in [2.24, 2.45) is 4.99 Å². The minimum Gasteiger partial charge on any atom is -0.356 e. The van der Waals surface area contributed by atoms with E-state index in [-0.39, 0.29) is 35.9 Å². The number of hydrogen-bond acceptors (Lipinski definition) is 4. The van der Waals surface area contributed by atoms with Gasteiger partial charge in [0.1, 0.15) is 0 Å². The second-order valence-electron chi connectivity index (χ2n) is 6.71. The number of thiazole rings is 1. The Kier molecular flexibility index (Phi) is 11.2. The molecule has 0 radical (unpaired) electrons. The largest absolute Gasteiger partial charge is 0.434 e. The van der Waals surface area contributed by atoms with E-state index in [1.165, 1.54) is 0 Å². The third-order valence-electron chi connectivity index (χ3n) is 4.36. The van der Waals surface area contributed by atoms with Gasteiger partial charge in [0.05, 0.1) is 5.01 Å². The van der Waals surface area contributed by atoms with Crippen molar-refractivity contribution in [1.29, 1.82) is 0 Å². The quantitative estimate of drug-likeness (QED) is 0.253. The summed E-state index contributed by atoms with van der Waals surface area (Å²) in [5.74, 6) is 0.429. The summed E-state index contributed by atoms with van der Waals surface area (Å²) < 4.78 is 37.8. The molecule has 2 rings (SSSR count). The fourth-order valence-electron chi connectivity index (χ4n) is 2.43. The minimum atomic E-state index is -4.41. The molecule has 0 saturated carbocycles. The van der Waals surface area contributed by atoms with E-state index in [1.54, 1.807) is 19.2 Å². The summed E-state index contributed by atoms with van der Waals surface area (Å²) in [7, 11) is 1.61. The number of carbonyl (C=O) groups excluding carboxylic acids is 1. The highest BCUT2D eigenvalue weighted by Gasteiger charge is 2.33. The monoisotopic (exact) mass is 569 g/mol. The van der Waals surface area contributed by atoms with E-state index >= 15 is 0 Å². The maximum atomic E-state index is 12.6. The molecule has 0 bridgehead atoms. The molecule has 1 amide bonds. The van der Waals surface area contributed by atoms with Gasteiger partial charge in [-0.3, -0.25) is 9.79 Å². The normalized spacial score (nSPS) is 12.6. The van der Waals surface area contributed by atoms with Crippen molar-refractivity contribution >= 4 is 47.2 Å². The average Bonchev–Trinajstić information content (AvgIpc) is 3.20. The molecule has 0 aliphatic carbocycles. The van der Waals surface area contributed by atoms with Crippen molar-refractivity contribution in [3.05, 3.63) is 51.5 Å². The van der Waals surface area contributed by atoms with Crippen molar-refractivity contribution in [3.8, 4) is 0 Å². The highest BCUT2D eigenvalue weighted by atomic mass is 127. The zero-order valence-corrected chi connectivity index (χ0v) is 20.7. The molecule has 172 valence electrons. The molecule has 0 fully saturated rings. The molecule has 1 heterocycles. The number of benzene rings is 1. The second-order valence-corrected chi connectivity index (χ2v) is 7.65. The first-order chi connectivity index (χ1) is 14.2. The Morgan fingerprint density at radius 1 is 1.23 bits per heavy atom. The number of amides is 1. The summed E-state index contributed by atoms with van der Waals surface area (Å²) >= 11 is 0.990. The zero-order chi connectivity index (χ0) is 22.1. The fraction of sp³-hybridized carbons (Fsp3) is 0.450. The first-order valence-electron chi connectivity index (χ1n) is 9.58. The van der Waals surface area contributed by atoms with Crippen LogP contribution in [0.3, 0.4) is 0 Å². The molecule has 2 aromatic rings. The molecular formula is C20H27F3IN5OS. The van der Waals surface area contributed by atoms with E-state index in [0.717, 1.165) is 28.7 Å². The lowest BCUT2D eigenvalue weighted by Gasteiger charge is -2.13. The van der Waals surface area contributed by atoms with Crippen LogP contribution in [0, 0.1) is 0 Å². The average molecular weight is 569 g/mol. The number of carbonyl (C=O) groups is 1. The van der Waals surface area contributed by atoms with Gasteiger partial charge >= 0.3 is 6.18 Å². The van der Waals surface area contributed by atoms with Crippen LogP contribution in [0.2, 0.25) is 0 Å². The highest BCUT2D eigenvalue weighted by molar-refractivity contribution is 14.0. The Hall–Kier alpha value is -1.89. The number of alkyl halides is 3. The number of rotatable bonds is 8. The Bertz CT molecular complexity index is 855. The summed E-state index contributed by atoms with van der Waals surface area (Å²) in [6, 6.07) is 7.38. The number of aromatic nitrogens is 1. The molecule has 1 aromatic carbocycles. The van der Waals surface area contributed by atoms with Gasteiger partial charge < -0.3 is 16.0 Å². The van der Waals surface area contributed by atoms with Gasteiger partial charge in [-0.2, -0.15) is 13.2 Å². The molecular weight excluding hydrogens is 542 g/mol. The molecule has 0 saturated heterocycles. The van der Waals surface area contributed by atoms with Crippen LogP contribution in [0.15, 0.2) is 34.6 Å². The first-order valence-corrected chi connectivity index (χ1v) is 10.5. The van der Waals surface area contributed by atoms with E-state index in [4.69, 9.17) is 0 Å². The second kappa shape index (κ2) is 12.8. The minimum absolute atomic E-state index is 0. The molecule has 31 heavy (non-hydrogen) atoms. The van der Waals surface area contributed by atoms with E-state index in [2.05, 4.69) is 25.9 Å². The molecule has 1 aromatic heterocycles. The highest BCUT2D eigenvalue weighted by Crippen LogP contribution is 2.29. The van der Waals surface area contributed by atoms with Crippen LogP contribution < -0.4 is 16.0 Å². The number of nitrogens with one attached hydrogen (secondary N) is 3. The summed E-state index contributed by atoms with van der Waals surface area (Å²) in [5, 5.41) is 10.5. The number of guanidine groups is 1. The molecule has 6 nitrogen and oxygen atoms in total. The molecule has 0 aliphatic heterocycles. The smallest absolute Gasteiger partial charge is 0.356 e. The standard InChI is InChI=1S/C20H26F3N5OS.HI/c1-4-13(2)27-18(29)15-7-5-14(6-8-15)11-26-19(24-3)25-10-9-17-28-16(12-30-17)20(21,22)23;/h5-8,12-13H,4,9-11H2,1-3H3,(H,27,29)(H2,24,25,26);1H. The molecule has 11 heteroatoms. The zero-order valence-electron chi connectivity index (χ0n) is 17.5. The topological polar surface area (TPSA) is 78.4 Å². The van der Waals surface area contributed by atoms with Crippen molar-refractivity contribution in [2.75, 3.05) is 13.6 Å². The van der Waals surface area contributed by atoms with Gasteiger partial charge in [-0.1, -0.05) is 19.1 Å². The third-order valence-corrected chi connectivity index (χ3v) is 5.27. The lowest BCUT2D eigenvalue weighted by molar-refractivity contribution is -0.140. The van der Waals surface area contributed by atoms with Gasteiger partial charge in [-0.15, -0.1) is 35.3 Å². The predicted molar refractivity (Wildman–Crippen MR) is 128 cm³/mol. The Morgan fingerprint density at radius 3 is 2.45 bits per heavy atom. The number of hydrogen-bond donors (Lipinski definition) is 3. The number of nitrogens with zero attached hydrogens (tertiary/aromatic N) is 2. The van der Waals surface area contributed by atoms with Gasteiger partial charge in [-0.25, -0.2) is 4.98 Å². The van der Waals surface area contributed by atoms with Gasteiger partial charge in [0.2, 0.25) is 0 Å². The van der Waals surface area contributed by atoms with Crippen LogP contribution in [0.4, 0.5) is 13.2 Å². The van der Waals surface area contributed by atoms with Crippen molar-refractivity contribution in [2.45, 2.75) is 45.5 Å². The summed E-state index contributed by atoms with van der Waals surface area (Å²) in [4.78, 5) is 19.8. The van der Waals surface area contributed by atoms with Gasteiger partial charge in [0.25, 0.3) is 5.91 Å². The van der Waals surface area contributed by atoms with Crippen LogP contribution in [0.25, 0.3) is 0 Å². The Balaban J connectivity index is 0.00000480. The molecule has 3 N–H and O–H groups in total. The lowest BCUT2D eigenvalue weighted by Crippen LogP contribution is -2.37. The van der Waals surface area contributed by atoms with Gasteiger partial charge in [0, 0.05) is 43.5 Å². The van der Waals surface area contributed by atoms with Gasteiger partial charge in [0.15, 0.2) is 11.7 Å². The van der Waals surface area contributed by atoms with Crippen molar-refractivity contribution in [1.82, 2.24) is 20.9 Å². The van der Waals surface area contributed by atoms with Gasteiger partial charge in [-0.05, 0) is 31.0 Å². The molecule has 1 atom stereocenters. The van der Waals surface area contributed by atoms with Crippen molar-refractivity contribution < 1.29 is 18.0 Å². The summed E-state index contributed by atoms with van der Waals surface area (Å²) in [5.41, 5.74) is 0.710. The third kappa shape index (κ3) is 9.01. The maximum Gasteiger partial charge on any atom is 0.434 e. The lowest BCUT2D eigenvalue weighted by atomic mass is 10.1. The fourth-order valence-corrected chi connectivity index (χ4v) is 3.24. The summed E-state index contributed by atoms with van der Waals surface area (Å²) in [6.45, 7) is 4.86. The Labute approximate surface area is 201 Å². The van der Waals surface area contributed by atoms with Crippen molar-refractivity contribution in [3.63, 3.8) is 0 Å². The molecule has 1 unspecified atom stereocenters. The number of halogens is 4. The van der Waals surface area contributed by atoms with Crippen LogP contribution in [0.5, 0.6) is 0 Å². The van der Waals surface area contributed by atoms with E-state index in [1.807, 2.05) is 26.0 Å². The molecule has 0 spiro atoms. The van der Waals surface area contributed by atoms with Crippen LogP contribution >= 0.6 is 35.3 Å². The van der Waals surface area contributed by atoms with Crippen LogP contribution in [0.1, 0.15) is 46.9 Å². The maximum absolute atomic E-state index is 12.6. The number of aliphatic imine (C=N–C) groups is 1. The summed E-state index contributed by atoms with van der Waals surface area (Å²) in [6.07, 6.45) is -3.18. The van der Waals surface area contributed by atoms with E-state index < -0.39 is 11.9 Å². The van der Waals surface area contributed by atoms with E-state index in [0.29, 0.717) is 36.0 Å². The Morgan fingerprint density at radius 2 is 1.90 bits per heavy atom. The molecule has 0 aliphatic rings. The first kappa shape index (κ1) is 27.1. The SMILES string of the molecule is CCC(C)NC(=O)c1ccc(CNC(=NC)NCCc2nc(C(F)(F)F)cs2)cc1.I. The predicted octanol–water partition coefficient (Wildman–Crippen LogP) is 4.22. The van der Waals surface area contributed by atoms with E-state index in [9.17, 15) is 18.0 Å².